The third kappa shape index (κ3) is 3.36. The summed E-state index contributed by atoms with van der Waals surface area (Å²) in [6.45, 7) is 0.0782. The Morgan fingerprint density at radius 1 is 1.35 bits per heavy atom. The van der Waals surface area contributed by atoms with Crippen molar-refractivity contribution < 1.29 is 13.2 Å². The third-order valence-electron chi connectivity index (χ3n) is 2.96. The molecule has 0 radical (unpaired) electrons. The highest BCUT2D eigenvalue weighted by atomic mass is 19.4. The van der Waals surface area contributed by atoms with Gasteiger partial charge in [-0.15, -0.1) is 0 Å². The number of nitrogens with zero attached hydrogens (tertiary/aromatic N) is 3. The SMILES string of the molecule is Nc1cnn(C2CCN(CC(F)(F)F)CC2)c1. The second-order valence-corrected chi connectivity index (χ2v) is 4.38. The van der Waals surface area contributed by atoms with Crippen LogP contribution in [0.25, 0.3) is 0 Å². The van der Waals surface area contributed by atoms with Gasteiger partial charge in [-0.1, -0.05) is 0 Å². The van der Waals surface area contributed by atoms with Gasteiger partial charge in [0.2, 0.25) is 0 Å². The fraction of sp³-hybridized carbons (Fsp3) is 0.700. The lowest BCUT2D eigenvalue weighted by Crippen LogP contribution is -2.40. The molecular weight excluding hydrogens is 233 g/mol. The molecule has 17 heavy (non-hydrogen) atoms. The summed E-state index contributed by atoms with van der Waals surface area (Å²) in [5, 5.41) is 4.09. The quantitative estimate of drug-likeness (QED) is 0.866. The van der Waals surface area contributed by atoms with E-state index in [9.17, 15) is 13.2 Å². The molecular formula is C10H15F3N4. The molecule has 1 aromatic heterocycles. The monoisotopic (exact) mass is 248 g/mol. The van der Waals surface area contributed by atoms with Crippen molar-refractivity contribution in [2.45, 2.75) is 25.1 Å². The second-order valence-electron chi connectivity index (χ2n) is 4.38. The van der Waals surface area contributed by atoms with Crippen LogP contribution in [0.15, 0.2) is 12.4 Å². The van der Waals surface area contributed by atoms with Gasteiger partial charge in [-0.25, -0.2) is 0 Å². The standard InChI is InChI=1S/C10H15F3N4/c11-10(12,13)7-16-3-1-9(2-4-16)17-6-8(14)5-15-17/h5-6,9H,1-4,7,14H2. The van der Waals surface area contributed by atoms with Crippen LogP contribution in [0.4, 0.5) is 18.9 Å². The molecule has 0 aliphatic carbocycles. The van der Waals surface area contributed by atoms with Gasteiger partial charge >= 0.3 is 6.18 Å². The Balaban J connectivity index is 1.86. The van der Waals surface area contributed by atoms with Gasteiger partial charge in [-0.2, -0.15) is 18.3 Å². The van der Waals surface area contributed by atoms with E-state index in [2.05, 4.69) is 5.10 Å². The number of halogens is 3. The molecule has 0 atom stereocenters. The minimum Gasteiger partial charge on any atom is -0.396 e. The first-order valence-electron chi connectivity index (χ1n) is 5.53. The number of hydrogen-bond donors (Lipinski definition) is 1. The summed E-state index contributed by atoms with van der Waals surface area (Å²) in [4.78, 5) is 1.43. The molecule has 4 nitrogen and oxygen atoms in total. The van der Waals surface area contributed by atoms with Crippen molar-refractivity contribution in [3.63, 3.8) is 0 Å². The predicted octanol–water partition coefficient (Wildman–Crippen LogP) is 1.66. The van der Waals surface area contributed by atoms with Gasteiger partial charge in [-0.05, 0) is 12.8 Å². The van der Waals surface area contributed by atoms with E-state index < -0.39 is 12.7 Å². The minimum atomic E-state index is -4.11. The van der Waals surface area contributed by atoms with Gasteiger partial charge in [0.1, 0.15) is 0 Å². The first kappa shape index (κ1) is 12.2. The van der Waals surface area contributed by atoms with Crippen LogP contribution in [-0.2, 0) is 0 Å². The van der Waals surface area contributed by atoms with Gasteiger partial charge in [0.05, 0.1) is 24.5 Å². The summed E-state index contributed by atoms with van der Waals surface area (Å²) in [5.74, 6) is 0. The largest absolute Gasteiger partial charge is 0.401 e. The van der Waals surface area contributed by atoms with E-state index >= 15 is 0 Å². The van der Waals surface area contributed by atoms with Crippen molar-refractivity contribution in [2.24, 2.45) is 0 Å². The van der Waals surface area contributed by atoms with Crippen LogP contribution in [0.1, 0.15) is 18.9 Å². The zero-order chi connectivity index (χ0) is 12.5. The molecule has 0 spiro atoms. The molecule has 96 valence electrons. The number of alkyl halides is 3. The molecule has 0 amide bonds. The Kier molecular flexibility index (Phi) is 3.28. The van der Waals surface area contributed by atoms with Crippen LogP contribution in [0.5, 0.6) is 0 Å². The first-order chi connectivity index (χ1) is 7.94. The Morgan fingerprint density at radius 3 is 2.47 bits per heavy atom. The molecule has 7 heteroatoms. The number of nitrogen functional groups attached to an aromatic ring is 1. The van der Waals surface area contributed by atoms with Crippen molar-refractivity contribution in [3.05, 3.63) is 12.4 Å². The number of nitrogens with two attached hydrogens (primary N) is 1. The van der Waals surface area contributed by atoms with Crippen LogP contribution < -0.4 is 5.73 Å². The average molecular weight is 248 g/mol. The molecule has 2 N–H and O–H groups in total. The molecule has 1 aliphatic heterocycles. The minimum absolute atomic E-state index is 0.164. The molecule has 1 aromatic rings. The van der Waals surface area contributed by atoms with Crippen LogP contribution in [-0.4, -0.2) is 40.5 Å². The fourth-order valence-corrected chi connectivity index (χ4v) is 2.15. The summed E-state index contributed by atoms with van der Waals surface area (Å²) in [5.41, 5.74) is 6.14. The summed E-state index contributed by atoms with van der Waals surface area (Å²) in [6.07, 6.45) is 0.531. The molecule has 0 unspecified atom stereocenters. The maximum atomic E-state index is 12.2. The maximum Gasteiger partial charge on any atom is 0.401 e. The van der Waals surface area contributed by atoms with E-state index in [4.69, 9.17) is 5.73 Å². The lowest BCUT2D eigenvalue weighted by atomic mass is 10.1. The van der Waals surface area contributed by atoms with E-state index in [0.29, 0.717) is 31.6 Å². The van der Waals surface area contributed by atoms with Crippen LogP contribution in [0.2, 0.25) is 0 Å². The zero-order valence-corrected chi connectivity index (χ0v) is 9.32. The highest BCUT2D eigenvalue weighted by Gasteiger charge is 2.32. The van der Waals surface area contributed by atoms with Gasteiger partial charge in [0, 0.05) is 19.3 Å². The Morgan fingerprint density at radius 2 is 2.00 bits per heavy atom. The third-order valence-corrected chi connectivity index (χ3v) is 2.96. The summed E-state index contributed by atoms with van der Waals surface area (Å²) in [6, 6.07) is 0.164. The zero-order valence-electron chi connectivity index (χ0n) is 9.32. The summed E-state index contributed by atoms with van der Waals surface area (Å²) < 4.78 is 38.3. The molecule has 0 saturated carbocycles. The highest BCUT2D eigenvalue weighted by Crippen LogP contribution is 2.25. The lowest BCUT2D eigenvalue weighted by Gasteiger charge is -2.32. The number of aromatic nitrogens is 2. The summed E-state index contributed by atoms with van der Waals surface area (Å²) in [7, 11) is 0. The van der Waals surface area contributed by atoms with Gasteiger partial charge in [0.25, 0.3) is 0 Å². The van der Waals surface area contributed by atoms with E-state index in [0.717, 1.165) is 0 Å². The number of anilines is 1. The molecule has 1 aliphatic rings. The Hall–Kier alpha value is -1.24. The van der Waals surface area contributed by atoms with E-state index in [1.165, 1.54) is 4.90 Å². The molecule has 1 saturated heterocycles. The molecule has 0 aromatic carbocycles. The predicted molar refractivity (Wildman–Crippen MR) is 57.4 cm³/mol. The van der Waals surface area contributed by atoms with E-state index in [-0.39, 0.29) is 6.04 Å². The summed E-state index contributed by atoms with van der Waals surface area (Å²) >= 11 is 0. The molecule has 2 heterocycles. The van der Waals surface area contributed by atoms with E-state index in [1.54, 1.807) is 17.1 Å². The average Bonchev–Trinajstić information content (AvgIpc) is 2.63. The van der Waals surface area contributed by atoms with Crippen molar-refractivity contribution in [2.75, 3.05) is 25.4 Å². The smallest absolute Gasteiger partial charge is 0.396 e. The van der Waals surface area contributed by atoms with Gasteiger partial charge in [0.15, 0.2) is 0 Å². The first-order valence-corrected chi connectivity index (χ1v) is 5.53. The van der Waals surface area contributed by atoms with Crippen molar-refractivity contribution in [1.29, 1.82) is 0 Å². The van der Waals surface area contributed by atoms with Gasteiger partial charge < -0.3 is 5.73 Å². The normalized spacial score (nSPS) is 19.7. The van der Waals surface area contributed by atoms with Crippen molar-refractivity contribution in [1.82, 2.24) is 14.7 Å². The van der Waals surface area contributed by atoms with Crippen LogP contribution in [0, 0.1) is 0 Å². The van der Waals surface area contributed by atoms with Gasteiger partial charge in [-0.3, -0.25) is 9.58 Å². The van der Waals surface area contributed by atoms with Crippen molar-refractivity contribution in [3.8, 4) is 0 Å². The fourth-order valence-electron chi connectivity index (χ4n) is 2.15. The number of likely N-dealkylation sites (tertiary alicyclic amines) is 1. The topological polar surface area (TPSA) is 47.1 Å². The lowest BCUT2D eigenvalue weighted by molar-refractivity contribution is -0.148. The number of hydrogen-bond acceptors (Lipinski definition) is 3. The second kappa shape index (κ2) is 4.56. The molecule has 1 fully saturated rings. The van der Waals surface area contributed by atoms with Crippen LogP contribution in [0.3, 0.4) is 0 Å². The maximum absolute atomic E-state index is 12.2. The van der Waals surface area contributed by atoms with Crippen molar-refractivity contribution >= 4 is 5.69 Å². The Bertz CT molecular complexity index is 366. The highest BCUT2D eigenvalue weighted by molar-refractivity contribution is 5.30. The van der Waals surface area contributed by atoms with Crippen LogP contribution >= 0.6 is 0 Å². The number of rotatable bonds is 2. The van der Waals surface area contributed by atoms with E-state index in [1.807, 2.05) is 0 Å². The number of piperidine rings is 1. The molecule has 2 rings (SSSR count). The molecule has 0 bridgehead atoms. The Labute approximate surface area is 97.2 Å².